The molecule has 124 valence electrons. The normalized spacial score (nSPS) is 11.3. The van der Waals surface area contributed by atoms with Crippen LogP contribution in [0.4, 0.5) is 4.79 Å². The summed E-state index contributed by atoms with van der Waals surface area (Å²) in [6, 6.07) is 0. The third kappa shape index (κ3) is 11.7. The number of likely N-dealkylation sites (tertiary alicyclic amines) is 1. The van der Waals surface area contributed by atoms with E-state index in [2.05, 4.69) is 66.1 Å². The van der Waals surface area contributed by atoms with Crippen molar-refractivity contribution in [3.8, 4) is 59.2 Å². The Hall–Kier alpha value is -2.93. The summed E-state index contributed by atoms with van der Waals surface area (Å²) in [5.41, 5.74) is -0.365. The van der Waals surface area contributed by atoms with Crippen molar-refractivity contribution >= 4 is 6.09 Å². The largest absolute Gasteiger partial charge is 0.444 e. The number of hydrogen-bond acceptors (Lipinski definition) is 2. The van der Waals surface area contributed by atoms with Crippen LogP contribution in [0, 0.1) is 65.1 Å². The predicted molar refractivity (Wildman–Crippen MR) is 97.2 cm³/mol. The molecule has 1 heterocycles. The van der Waals surface area contributed by atoms with Crippen molar-refractivity contribution in [2.75, 3.05) is 13.1 Å². The molecule has 1 amide bonds. The summed E-state index contributed by atoms with van der Waals surface area (Å²) in [6.07, 6.45) is -0.180. The standard InChI is InChI=1S/C12H6.C9H17NO2/c1-3-5-7-9-11-12-10-8-6-4-2;1-7-5-10(6-7)8(11)12-9(2,3)4/h1-2H3;7H,5-6H2,1-4H3. The third-order valence-corrected chi connectivity index (χ3v) is 2.40. The lowest BCUT2D eigenvalue weighted by Gasteiger charge is -2.37. The number of carbonyl (C=O) groups is 1. The van der Waals surface area contributed by atoms with E-state index in [0.717, 1.165) is 13.1 Å². The second-order valence-electron chi connectivity index (χ2n) is 5.99. The van der Waals surface area contributed by atoms with Crippen LogP contribution in [-0.2, 0) is 4.74 Å². The molecule has 1 saturated heterocycles. The molecule has 0 aliphatic carbocycles. The Labute approximate surface area is 146 Å². The van der Waals surface area contributed by atoms with E-state index < -0.39 is 0 Å². The average molecular weight is 321 g/mol. The second kappa shape index (κ2) is 11.6. The quantitative estimate of drug-likeness (QED) is 0.642. The summed E-state index contributed by atoms with van der Waals surface area (Å²) in [5, 5.41) is 0. The summed E-state index contributed by atoms with van der Waals surface area (Å²) >= 11 is 0. The zero-order chi connectivity index (χ0) is 18.4. The van der Waals surface area contributed by atoms with E-state index in [9.17, 15) is 4.79 Å². The van der Waals surface area contributed by atoms with Gasteiger partial charge in [-0.15, -0.1) is 0 Å². The molecule has 24 heavy (non-hydrogen) atoms. The van der Waals surface area contributed by atoms with Crippen LogP contribution in [0.15, 0.2) is 0 Å². The van der Waals surface area contributed by atoms with Crippen LogP contribution < -0.4 is 0 Å². The van der Waals surface area contributed by atoms with Crippen molar-refractivity contribution in [2.24, 2.45) is 5.92 Å². The summed E-state index contributed by atoms with van der Waals surface area (Å²) in [7, 11) is 0. The minimum atomic E-state index is -0.365. The molecule has 1 aliphatic heterocycles. The first-order valence-electron chi connectivity index (χ1n) is 7.61. The topological polar surface area (TPSA) is 29.5 Å². The van der Waals surface area contributed by atoms with Gasteiger partial charge in [-0.1, -0.05) is 18.8 Å². The molecule has 1 rings (SSSR count). The van der Waals surface area contributed by atoms with E-state index in [1.54, 1.807) is 18.7 Å². The minimum absolute atomic E-state index is 0.180. The molecule has 0 aromatic carbocycles. The molecule has 0 unspecified atom stereocenters. The summed E-state index contributed by atoms with van der Waals surface area (Å²) < 4.78 is 5.18. The van der Waals surface area contributed by atoms with Gasteiger partial charge in [0, 0.05) is 13.1 Å². The summed E-state index contributed by atoms with van der Waals surface area (Å²) in [4.78, 5) is 13.0. The molecule has 0 atom stereocenters. The minimum Gasteiger partial charge on any atom is -0.444 e. The van der Waals surface area contributed by atoms with Gasteiger partial charge in [0.2, 0.25) is 0 Å². The Morgan fingerprint density at radius 3 is 1.54 bits per heavy atom. The van der Waals surface area contributed by atoms with Crippen LogP contribution >= 0.6 is 0 Å². The SMILES string of the molecule is CC#CC#CC#CC#CC#CC.CC1CN(C(=O)OC(C)(C)C)C1. The highest BCUT2D eigenvalue weighted by Gasteiger charge is 2.30. The van der Waals surface area contributed by atoms with Gasteiger partial charge in [0.1, 0.15) is 5.60 Å². The van der Waals surface area contributed by atoms with Crippen LogP contribution in [0.1, 0.15) is 41.5 Å². The van der Waals surface area contributed by atoms with E-state index in [0.29, 0.717) is 5.92 Å². The zero-order valence-electron chi connectivity index (χ0n) is 15.3. The van der Waals surface area contributed by atoms with Crippen LogP contribution in [0.2, 0.25) is 0 Å². The molecule has 0 N–H and O–H groups in total. The fourth-order valence-corrected chi connectivity index (χ4v) is 1.49. The van der Waals surface area contributed by atoms with E-state index in [1.165, 1.54) is 0 Å². The highest BCUT2D eigenvalue weighted by molar-refractivity contribution is 5.69. The van der Waals surface area contributed by atoms with Gasteiger partial charge in [-0.25, -0.2) is 4.79 Å². The Morgan fingerprint density at radius 1 is 0.875 bits per heavy atom. The van der Waals surface area contributed by atoms with Crippen molar-refractivity contribution in [3.63, 3.8) is 0 Å². The molecule has 0 bridgehead atoms. The van der Waals surface area contributed by atoms with Crippen molar-refractivity contribution < 1.29 is 9.53 Å². The molecular weight excluding hydrogens is 298 g/mol. The number of ether oxygens (including phenoxy) is 1. The molecule has 0 aromatic rings. The monoisotopic (exact) mass is 321 g/mol. The first-order chi connectivity index (χ1) is 11.3. The van der Waals surface area contributed by atoms with Gasteiger partial charge >= 0.3 is 6.09 Å². The van der Waals surface area contributed by atoms with Gasteiger partial charge in [0.15, 0.2) is 0 Å². The van der Waals surface area contributed by atoms with Crippen molar-refractivity contribution in [1.82, 2.24) is 4.90 Å². The fourth-order valence-electron chi connectivity index (χ4n) is 1.49. The summed E-state index contributed by atoms with van der Waals surface area (Å²) in [5.74, 6) is 26.2. The maximum atomic E-state index is 11.3. The fraction of sp³-hybridized carbons (Fsp3) is 0.476. The van der Waals surface area contributed by atoms with Crippen LogP contribution in [-0.4, -0.2) is 29.7 Å². The van der Waals surface area contributed by atoms with Gasteiger partial charge < -0.3 is 9.64 Å². The first kappa shape index (κ1) is 21.1. The third-order valence-electron chi connectivity index (χ3n) is 2.40. The van der Waals surface area contributed by atoms with E-state index in [4.69, 9.17) is 4.74 Å². The molecule has 1 aliphatic rings. The molecular formula is C21H23NO2. The van der Waals surface area contributed by atoms with Crippen molar-refractivity contribution in [1.29, 1.82) is 0 Å². The van der Waals surface area contributed by atoms with Crippen molar-refractivity contribution in [3.05, 3.63) is 0 Å². The Morgan fingerprint density at radius 2 is 1.25 bits per heavy atom. The molecule has 3 heteroatoms. The van der Waals surface area contributed by atoms with Gasteiger partial charge in [-0.2, -0.15) is 0 Å². The van der Waals surface area contributed by atoms with Gasteiger partial charge in [0.05, 0.1) is 0 Å². The first-order valence-corrected chi connectivity index (χ1v) is 7.61. The molecule has 0 saturated carbocycles. The second-order valence-corrected chi connectivity index (χ2v) is 5.99. The van der Waals surface area contributed by atoms with E-state index in [1.807, 2.05) is 20.8 Å². The van der Waals surface area contributed by atoms with Gasteiger partial charge in [0.25, 0.3) is 0 Å². The number of rotatable bonds is 0. The Kier molecular flexibility index (Phi) is 10.2. The Balaban J connectivity index is 0.000000441. The number of amides is 1. The number of nitrogens with zero attached hydrogens (tertiary/aromatic N) is 1. The smallest absolute Gasteiger partial charge is 0.410 e. The van der Waals surface area contributed by atoms with Crippen LogP contribution in [0.3, 0.4) is 0 Å². The zero-order valence-corrected chi connectivity index (χ0v) is 15.3. The maximum absolute atomic E-state index is 11.3. The molecule has 1 fully saturated rings. The lowest BCUT2D eigenvalue weighted by Crippen LogP contribution is -2.50. The molecule has 0 aromatic heterocycles. The molecule has 0 spiro atoms. The lowest BCUT2D eigenvalue weighted by molar-refractivity contribution is 0.00153. The average Bonchev–Trinajstić information content (AvgIpc) is 2.46. The maximum Gasteiger partial charge on any atom is 0.410 e. The van der Waals surface area contributed by atoms with Gasteiger partial charge in [-0.3, -0.25) is 0 Å². The number of hydrogen-bond donors (Lipinski definition) is 0. The molecule has 3 nitrogen and oxygen atoms in total. The van der Waals surface area contributed by atoms with E-state index in [-0.39, 0.29) is 11.7 Å². The Bertz CT molecular complexity index is 681. The van der Waals surface area contributed by atoms with Gasteiger partial charge in [-0.05, 0) is 87.9 Å². The lowest BCUT2D eigenvalue weighted by atomic mass is 10.0. The highest BCUT2D eigenvalue weighted by atomic mass is 16.6. The predicted octanol–water partition coefficient (Wildman–Crippen LogP) is 2.92. The summed E-state index contributed by atoms with van der Waals surface area (Å²) in [6.45, 7) is 12.9. The van der Waals surface area contributed by atoms with Crippen LogP contribution in [0.5, 0.6) is 0 Å². The van der Waals surface area contributed by atoms with E-state index >= 15 is 0 Å². The molecule has 0 radical (unpaired) electrons. The number of carbonyl (C=O) groups excluding carboxylic acids is 1. The van der Waals surface area contributed by atoms with Crippen molar-refractivity contribution in [2.45, 2.75) is 47.1 Å². The van der Waals surface area contributed by atoms with Crippen LogP contribution in [0.25, 0.3) is 0 Å². The highest BCUT2D eigenvalue weighted by Crippen LogP contribution is 2.18.